The largest absolute Gasteiger partial charge is 0.383 e. The number of H-pyrrole nitrogens is 1. The Morgan fingerprint density at radius 3 is 2.64 bits per heavy atom. The monoisotopic (exact) mass is 401 g/mol. The second-order valence-corrected chi connectivity index (χ2v) is 6.71. The van der Waals surface area contributed by atoms with Crippen LogP contribution in [0.3, 0.4) is 0 Å². The van der Waals surface area contributed by atoms with E-state index in [1.807, 2.05) is 12.1 Å². The van der Waals surface area contributed by atoms with Crippen molar-refractivity contribution in [2.24, 2.45) is 0 Å². The molecule has 1 aromatic heterocycles. The fourth-order valence-electron chi connectivity index (χ4n) is 2.85. The average molecular weight is 402 g/mol. The fraction of sp³-hybridized carbons (Fsp3) is 0.250. The Morgan fingerprint density at radius 2 is 1.93 bits per heavy atom. The maximum Gasteiger partial charge on any atom is 0.328 e. The second-order valence-electron chi connectivity index (χ2n) is 6.27. The van der Waals surface area contributed by atoms with Gasteiger partial charge in [-0.2, -0.15) is 0 Å². The number of nitrogens with one attached hydrogen (secondary N) is 2. The summed E-state index contributed by atoms with van der Waals surface area (Å²) >= 11 is 5.86. The molecule has 0 aliphatic heterocycles. The number of benzene rings is 2. The van der Waals surface area contributed by atoms with E-state index in [-0.39, 0.29) is 19.1 Å². The van der Waals surface area contributed by atoms with Gasteiger partial charge in [-0.1, -0.05) is 23.7 Å². The Morgan fingerprint density at radius 1 is 1.18 bits per heavy atom. The van der Waals surface area contributed by atoms with Gasteiger partial charge in [0.1, 0.15) is 0 Å². The quantitative estimate of drug-likeness (QED) is 0.633. The highest BCUT2D eigenvalue weighted by atomic mass is 35.5. The number of amides is 1. The molecular formula is C20H20ClN3O4. The first-order valence-electron chi connectivity index (χ1n) is 8.78. The summed E-state index contributed by atoms with van der Waals surface area (Å²) in [7, 11) is 1.50. The summed E-state index contributed by atoms with van der Waals surface area (Å²) in [5, 5.41) is 3.84. The third-order valence-electron chi connectivity index (χ3n) is 4.38. The number of halogens is 1. The molecular weight excluding hydrogens is 382 g/mol. The van der Waals surface area contributed by atoms with Crippen LogP contribution in [0, 0.1) is 0 Å². The second kappa shape index (κ2) is 8.86. The van der Waals surface area contributed by atoms with Gasteiger partial charge in [0, 0.05) is 24.2 Å². The minimum Gasteiger partial charge on any atom is -0.383 e. The molecule has 0 radical (unpaired) electrons. The van der Waals surface area contributed by atoms with Crippen LogP contribution in [0.4, 0.5) is 0 Å². The molecule has 146 valence electrons. The summed E-state index contributed by atoms with van der Waals surface area (Å²) in [5.41, 5.74) is 0.812. The van der Waals surface area contributed by atoms with Gasteiger partial charge in [-0.15, -0.1) is 0 Å². The minimum atomic E-state index is -0.533. The number of hydrogen-bond acceptors (Lipinski definition) is 4. The van der Waals surface area contributed by atoms with E-state index in [0.29, 0.717) is 34.5 Å². The van der Waals surface area contributed by atoms with Crippen molar-refractivity contribution in [2.75, 3.05) is 20.3 Å². The number of carbonyl (C=O) groups excluding carboxylic acids is 1. The summed E-state index contributed by atoms with van der Waals surface area (Å²) < 4.78 is 6.00. The van der Waals surface area contributed by atoms with E-state index in [1.165, 1.54) is 13.2 Å². The van der Waals surface area contributed by atoms with E-state index in [4.69, 9.17) is 16.3 Å². The first-order valence-corrected chi connectivity index (χ1v) is 9.16. The Hall–Kier alpha value is -2.90. The summed E-state index contributed by atoms with van der Waals surface area (Å²) in [6.45, 7) is 0.865. The van der Waals surface area contributed by atoms with E-state index in [1.54, 1.807) is 24.3 Å². The lowest BCUT2D eigenvalue weighted by molar-refractivity contribution is 0.0954. The molecule has 8 heteroatoms. The van der Waals surface area contributed by atoms with Gasteiger partial charge in [0.2, 0.25) is 0 Å². The van der Waals surface area contributed by atoms with Crippen LogP contribution in [0.2, 0.25) is 5.02 Å². The molecule has 1 amide bonds. The predicted octanol–water partition coefficient (Wildman–Crippen LogP) is 1.96. The normalized spacial score (nSPS) is 10.9. The zero-order valence-corrected chi connectivity index (χ0v) is 16.1. The lowest BCUT2D eigenvalue weighted by Gasteiger charge is -2.08. The zero-order chi connectivity index (χ0) is 20.1. The summed E-state index contributed by atoms with van der Waals surface area (Å²) in [5.74, 6) is -0.278. The van der Waals surface area contributed by atoms with Crippen LogP contribution in [0.25, 0.3) is 10.9 Å². The van der Waals surface area contributed by atoms with Gasteiger partial charge < -0.3 is 15.0 Å². The van der Waals surface area contributed by atoms with E-state index < -0.39 is 11.2 Å². The Kier molecular flexibility index (Phi) is 6.28. The molecule has 0 spiro atoms. The van der Waals surface area contributed by atoms with Gasteiger partial charge in [0.15, 0.2) is 0 Å². The van der Waals surface area contributed by atoms with Gasteiger partial charge in [0.05, 0.1) is 24.1 Å². The van der Waals surface area contributed by atoms with Crippen molar-refractivity contribution in [3.63, 3.8) is 0 Å². The number of fused-ring (bicyclic) bond motifs is 1. The third-order valence-corrected chi connectivity index (χ3v) is 4.63. The number of hydrogen-bond donors (Lipinski definition) is 2. The van der Waals surface area contributed by atoms with E-state index >= 15 is 0 Å². The van der Waals surface area contributed by atoms with Crippen molar-refractivity contribution in [1.29, 1.82) is 0 Å². The van der Waals surface area contributed by atoms with E-state index in [2.05, 4.69) is 10.3 Å². The Balaban J connectivity index is 1.74. The fourth-order valence-corrected chi connectivity index (χ4v) is 2.98. The molecule has 2 aromatic carbocycles. The Bertz CT molecular complexity index is 1100. The van der Waals surface area contributed by atoms with Crippen LogP contribution >= 0.6 is 11.6 Å². The molecule has 0 atom stereocenters. The summed E-state index contributed by atoms with van der Waals surface area (Å²) in [4.78, 5) is 39.6. The average Bonchev–Trinajstić information content (AvgIpc) is 2.69. The molecule has 3 aromatic rings. The number of carbonyl (C=O) groups is 1. The lowest BCUT2D eigenvalue weighted by Crippen LogP contribution is -2.36. The van der Waals surface area contributed by atoms with Gasteiger partial charge in [-0.25, -0.2) is 4.79 Å². The lowest BCUT2D eigenvalue weighted by atomic mass is 10.1. The van der Waals surface area contributed by atoms with Crippen molar-refractivity contribution in [3.8, 4) is 0 Å². The van der Waals surface area contributed by atoms with Crippen molar-refractivity contribution < 1.29 is 9.53 Å². The van der Waals surface area contributed by atoms with Crippen molar-refractivity contribution in [3.05, 3.63) is 79.5 Å². The number of methoxy groups -OCH3 is 1. The maximum atomic E-state index is 12.5. The highest BCUT2D eigenvalue weighted by Crippen LogP contribution is 2.11. The molecule has 0 saturated carbocycles. The first-order chi connectivity index (χ1) is 13.5. The maximum absolute atomic E-state index is 12.5. The van der Waals surface area contributed by atoms with Crippen LogP contribution < -0.4 is 16.6 Å². The van der Waals surface area contributed by atoms with E-state index in [9.17, 15) is 14.4 Å². The SMILES string of the molecule is COCCn1c(=O)[nH]c2cc(C(=O)NCCc3ccc(Cl)cc3)ccc2c1=O. The van der Waals surface area contributed by atoms with E-state index in [0.717, 1.165) is 10.1 Å². The van der Waals surface area contributed by atoms with Crippen LogP contribution in [-0.4, -0.2) is 35.7 Å². The predicted molar refractivity (Wildman–Crippen MR) is 108 cm³/mol. The highest BCUT2D eigenvalue weighted by Gasteiger charge is 2.11. The van der Waals surface area contributed by atoms with Gasteiger partial charge in [0.25, 0.3) is 11.5 Å². The summed E-state index contributed by atoms with van der Waals surface area (Å²) in [6, 6.07) is 12.0. The van der Waals surface area contributed by atoms with Gasteiger partial charge in [-0.3, -0.25) is 14.2 Å². The molecule has 7 nitrogen and oxygen atoms in total. The zero-order valence-electron chi connectivity index (χ0n) is 15.3. The number of ether oxygens (including phenoxy) is 1. The molecule has 0 fully saturated rings. The molecule has 1 heterocycles. The molecule has 0 aliphatic rings. The molecule has 28 heavy (non-hydrogen) atoms. The van der Waals surface area contributed by atoms with Crippen molar-refractivity contribution >= 4 is 28.4 Å². The van der Waals surface area contributed by atoms with Gasteiger partial charge >= 0.3 is 5.69 Å². The smallest absolute Gasteiger partial charge is 0.328 e. The standard InChI is InChI=1S/C20H20ClN3O4/c1-28-11-10-24-19(26)16-7-4-14(12-17(16)23-20(24)27)18(25)22-9-8-13-2-5-15(21)6-3-13/h2-7,12H,8-11H2,1H3,(H,22,25)(H,23,27). The van der Waals surface area contributed by atoms with Crippen molar-refractivity contribution in [1.82, 2.24) is 14.9 Å². The topological polar surface area (TPSA) is 93.2 Å². The van der Waals surface area contributed by atoms with Crippen LogP contribution in [0.1, 0.15) is 15.9 Å². The Labute approximate surface area is 165 Å². The minimum absolute atomic E-state index is 0.160. The molecule has 0 saturated heterocycles. The van der Waals surface area contributed by atoms with Crippen LogP contribution in [0.15, 0.2) is 52.1 Å². The first kappa shape index (κ1) is 19.9. The number of aromatic nitrogens is 2. The van der Waals surface area contributed by atoms with Crippen molar-refractivity contribution in [2.45, 2.75) is 13.0 Å². The molecule has 0 aliphatic carbocycles. The van der Waals surface area contributed by atoms with Crippen LogP contribution in [-0.2, 0) is 17.7 Å². The van der Waals surface area contributed by atoms with Gasteiger partial charge in [-0.05, 0) is 42.3 Å². The van der Waals surface area contributed by atoms with Crippen LogP contribution in [0.5, 0.6) is 0 Å². The number of aromatic amines is 1. The molecule has 0 bridgehead atoms. The molecule has 0 unspecified atom stereocenters. The molecule has 2 N–H and O–H groups in total. The molecule has 3 rings (SSSR count). The number of rotatable bonds is 7. The third kappa shape index (κ3) is 4.49. The highest BCUT2D eigenvalue weighted by molar-refractivity contribution is 6.30. The number of nitrogens with zero attached hydrogens (tertiary/aromatic N) is 1. The summed E-state index contributed by atoms with van der Waals surface area (Å²) in [6.07, 6.45) is 0.664.